The monoisotopic (exact) mass is 364 g/mol. The molecule has 0 radical (unpaired) electrons. The molecule has 1 aliphatic heterocycles. The third kappa shape index (κ3) is 3.01. The van der Waals surface area contributed by atoms with Crippen molar-refractivity contribution in [1.29, 1.82) is 0 Å². The Morgan fingerprint density at radius 1 is 1.12 bits per heavy atom. The molecule has 2 aliphatic rings. The molecule has 1 fully saturated rings. The Kier molecular flexibility index (Phi) is 5.11. The van der Waals surface area contributed by atoms with Gasteiger partial charge in [0.1, 0.15) is 11.2 Å². The summed E-state index contributed by atoms with van der Waals surface area (Å²) in [4.78, 5) is 12.9. The Balaban J connectivity index is 2.10. The summed E-state index contributed by atoms with van der Waals surface area (Å²) in [6, 6.07) is 3.06. The number of phenolic OH excluding ortho intramolecular Hbond substituents is 1. The Morgan fingerprint density at radius 2 is 1.77 bits per heavy atom. The third-order valence-electron chi connectivity index (χ3n) is 4.89. The lowest BCUT2D eigenvalue weighted by Gasteiger charge is -2.37. The molecular weight excluding hydrogens is 340 g/mol. The fourth-order valence-electron chi connectivity index (χ4n) is 3.51. The van der Waals surface area contributed by atoms with Crippen LogP contribution in [0.15, 0.2) is 24.3 Å². The van der Waals surface area contributed by atoms with Crippen LogP contribution < -0.4 is 9.47 Å². The quantitative estimate of drug-likeness (QED) is 0.634. The number of ether oxygens (including phenoxy) is 5. The fourth-order valence-corrected chi connectivity index (χ4v) is 3.51. The van der Waals surface area contributed by atoms with Gasteiger partial charge in [-0.05, 0) is 25.5 Å². The summed E-state index contributed by atoms with van der Waals surface area (Å²) in [5.41, 5.74) is -0.752. The summed E-state index contributed by atoms with van der Waals surface area (Å²) in [6.45, 7) is 3.01. The first-order valence-electron chi connectivity index (χ1n) is 8.61. The highest BCUT2D eigenvalue weighted by Gasteiger charge is 2.49. The number of methoxy groups -OCH3 is 2. The lowest BCUT2D eigenvalue weighted by atomic mass is 9.71. The van der Waals surface area contributed by atoms with E-state index in [1.807, 2.05) is 0 Å². The van der Waals surface area contributed by atoms with Crippen LogP contribution in [0.5, 0.6) is 17.2 Å². The molecule has 7 nitrogen and oxygen atoms in total. The number of carbonyl (C=O) groups excluding carboxylic acids is 1. The van der Waals surface area contributed by atoms with Gasteiger partial charge < -0.3 is 28.8 Å². The molecule has 1 N–H and O–H groups in total. The average molecular weight is 364 g/mol. The van der Waals surface area contributed by atoms with Crippen molar-refractivity contribution in [3.8, 4) is 17.2 Å². The highest BCUT2D eigenvalue weighted by atomic mass is 16.7. The lowest BCUT2D eigenvalue weighted by Crippen LogP contribution is -2.43. The summed E-state index contributed by atoms with van der Waals surface area (Å²) in [5.74, 6) is -0.504. The molecule has 0 amide bonds. The summed E-state index contributed by atoms with van der Waals surface area (Å²) >= 11 is 0. The Labute approximate surface area is 152 Å². The number of benzene rings is 1. The van der Waals surface area contributed by atoms with Gasteiger partial charge in [0.05, 0.1) is 34.0 Å². The van der Waals surface area contributed by atoms with Crippen molar-refractivity contribution >= 4 is 5.97 Å². The van der Waals surface area contributed by atoms with Gasteiger partial charge in [0.15, 0.2) is 17.3 Å². The van der Waals surface area contributed by atoms with E-state index in [2.05, 4.69) is 0 Å². The maximum atomic E-state index is 12.9. The largest absolute Gasteiger partial charge is 0.507 e. The van der Waals surface area contributed by atoms with E-state index in [9.17, 15) is 9.90 Å². The van der Waals surface area contributed by atoms with Gasteiger partial charge in [-0.15, -0.1) is 0 Å². The smallest absolute Gasteiger partial charge is 0.320 e. The molecule has 1 saturated heterocycles. The number of hydrogen-bond donors (Lipinski definition) is 1. The van der Waals surface area contributed by atoms with Crippen LogP contribution >= 0.6 is 0 Å². The van der Waals surface area contributed by atoms with Crippen LogP contribution in [0, 0.1) is 0 Å². The lowest BCUT2D eigenvalue weighted by molar-refractivity contribution is -0.154. The molecule has 0 unspecified atom stereocenters. The highest BCUT2D eigenvalue weighted by molar-refractivity contribution is 5.87. The number of rotatable bonds is 5. The number of aromatic hydroxyl groups is 1. The zero-order valence-corrected chi connectivity index (χ0v) is 15.2. The number of phenols is 1. The van der Waals surface area contributed by atoms with Gasteiger partial charge in [0.25, 0.3) is 0 Å². The second kappa shape index (κ2) is 7.17. The average Bonchev–Trinajstić information content (AvgIpc) is 3.11. The van der Waals surface area contributed by atoms with Crippen LogP contribution in [0.2, 0.25) is 0 Å². The molecule has 1 aromatic rings. The second-order valence-corrected chi connectivity index (χ2v) is 6.26. The van der Waals surface area contributed by atoms with Crippen LogP contribution in [0.1, 0.15) is 25.3 Å². The minimum absolute atomic E-state index is 0.0652. The molecule has 0 aromatic heterocycles. The minimum atomic E-state index is -1.15. The highest BCUT2D eigenvalue weighted by Crippen LogP contribution is 2.47. The van der Waals surface area contributed by atoms with E-state index in [1.54, 1.807) is 25.1 Å². The minimum Gasteiger partial charge on any atom is -0.507 e. The standard InChI is InChI=1S/C19H24O7/c1-4-24-17(21)18(5-7-19(8-6-18)25-9-10-26-19)13-11-15(22-2)16(23-3)12-14(13)20/h5,7,11-12,20H,4,6,8-10H2,1-3H3/t18-/m0/s1. The van der Waals surface area contributed by atoms with Crippen LogP contribution in [-0.4, -0.2) is 50.9 Å². The van der Waals surface area contributed by atoms with Gasteiger partial charge in [-0.3, -0.25) is 4.79 Å². The van der Waals surface area contributed by atoms with Gasteiger partial charge in [-0.1, -0.05) is 6.08 Å². The summed E-state index contributed by atoms with van der Waals surface area (Å²) in [6.07, 6.45) is 4.29. The van der Waals surface area contributed by atoms with E-state index < -0.39 is 17.2 Å². The van der Waals surface area contributed by atoms with Gasteiger partial charge in [-0.25, -0.2) is 0 Å². The van der Waals surface area contributed by atoms with Gasteiger partial charge in [0, 0.05) is 18.1 Å². The Bertz CT molecular complexity index is 706. The van der Waals surface area contributed by atoms with Gasteiger partial charge >= 0.3 is 5.97 Å². The molecule has 7 heteroatoms. The van der Waals surface area contributed by atoms with Crippen molar-refractivity contribution in [2.45, 2.75) is 31.0 Å². The molecule has 1 heterocycles. The second-order valence-electron chi connectivity index (χ2n) is 6.26. The van der Waals surface area contributed by atoms with Crippen molar-refractivity contribution in [2.75, 3.05) is 34.0 Å². The van der Waals surface area contributed by atoms with Crippen molar-refractivity contribution in [1.82, 2.24) is 0 Å². The number of carbonyl (C=O) groups is 1. The van der Waals surface area contributed by atoms with Crippen molar-refractivity contribution in [2.24, 2.45) is 0 Å². The maximum Gasteiger partial charge on any atom is 0.320 e. The first-order chi connectivity index (χ1) is 12.5. The first-order valence-corrected chi connectivity index (χ1v) is 8.61. The SMILES string of the molecule is CCOC(=O)[C@@]1(c2cc(OC)c(OC)cc2O)C=CC2(CC1)OCCO2. The molecular formula is C19H24O7. The topological polar surface area (TPSA) is 83.5 Å². The first kappa shape index (κ1) is 18.5. The van der Waals surface area contributed by atoms with Crippen LogP contribution in [0.25, 0.3) is 0 Å². The summed E-state index contributed by atoms with van der Waals surface area (Å²) < 4.78 is 27.3. The summed E-state index contributed by atoms with van der Waals surface area (Å²) in [7, 11) is 2.98. The van der Waals surface area contributed by atoms with Crippen LogP contribution in [-0.2, 0) is 24.4 Å². The number of esters is 1. The van der Waals surface area contributed by atoms with E-state index in [4.69, 9.17) is 23.7 Å². The normalized spacial score (nSPS) is 23.8. The molecule has 1 aromatic carbocycles. The fraction of sp³-hybridized carbons (Fsp3) is 0.526. The molecule has 0 saturated carbocycles. The zero-order valence-electron chi connectivity index (χ0n) is 15.2. The Morgan fingerprint density at radius 3 is 2.31 bits per heavy atom. The molecule has 0 bridgehead atoms. The number of hydrogen-bond acceptors (Lipinski definition) is 7. The van der Waals surface area contributed by atoms with E-state index in [0.717, 1.165) is 0 Å². The van der Waals surface area contributed by atoms with Gasteiger partial charge in [-0.2, -0.15) is 0 Å². The maximum absolute atomic E-state index is 12.9. The van der Waals surface area contributed by atoms with E-state index in [1.165, 1.54) is 20.3 Å². The zero-order chi connectivity index (χ0) is 18.8. The Hall–Kier alpha value is -2.25. The van der Waals surface area contributed by atoms with Crippen LogP contribution in [0.3, 0.4) is 0 Å². The van der Waals surface area contributed by atoms with E-state index >= 15 is 0 Å². The summed E-state index contributed by atoms with van der Waals surface area (Å²) in [5, 5.41) is 10.6. The molecule has 1 atom stereocenters. The third-order valence-corrected chi connectivity index (χ3v) is 4.89. The molecule has 142 valence electrons. The van der Waals surface area contributed by atoms with Crippen molar-refractivity contribution in [3.05, 3.63) is 29.8 Å². The van der Waals surface area contributed by atoms with Gasteiger partial charge in [0.2, 0.25) is 0 Å². The molecule has 1 spiro atoms. The predicted molar refractivity (Wildman–Crippen MR) is 92.5 cm³/mol. The molecule has 3 rings (SSSR count). The molecule has 1 aliphatic carbocycles. The van der Waals surface area contributed by atoms with E-state index in [-0.39, 0.29) is 12.4 Å². The van der Waals surface area contributed by atoms with Crippen LogP contribution in [0.4, 0.5) is 0 Å². The van der Waals surface area contributed by atoms with E-state index in [0.29, 0.717) is 43.1 Å². The van der Waals surface area contributed by atoms with Crippen molar-refractivity contribution < 1.29 is 33.6 Å². The predicted octanol–water partition coefficient (Wildman–Crippen LogP) is 2.30. The molecule has 26 heavy (non-hydrogen) atoms. The van der Waals surface area contributed by atoms with Crippen molar-refractivity contribution in [3.63, 3.8) is 0 Å².